The van der Waals surface area contributed by atoms with Crippen LogP contribution in [0.2, 0.25) is 0 Å². The van der Waals surface area contributed by atoms with E-state index in [2.05, 4.69) is 10.3 Å². The Labute approximate surface area is 160 Å². The molecule has 0 aliphatic carbocycles. The molecule has 2 aliphatic heterocycles. The van der Waals surface area contributed by atoms with Gasteiger partial charge in [-0.1, -0.05) is 0 Å². The summed E-state index contributed by atoms with van der Waals surface area (Å²) in [5, 5.41) is 12.3. The number of aromatic hydroxyl groups is 1. The summed E-state index contributed by atoms with van der Waals surface area (Å²) >= 11 is 0. The van der Waals surface area contributed by atoms with E-state index in [9.17, 15) is 32.7 Å². The van der Waals surface area contributed by atoms with E-state index < -0.39 is 64.6 Å². The minimum Gasteiger partial charge on any atom is -0.503 e. The molecule has 12 heteroatoms. The number of aromatic nitrogens is 2. The fraction of sp³-hybridized carbons (Fsp3) is 0.294. The number of ether oxygens (including phenoxy) is 1. The van der Waals surface area contributed by atoms with Crippen LogP contribution in [-0.2, 0) is 17.8 Å². The third-order valence-corrected chi connectivity index (χ3v) is 4.72. The Hall–Kier alpha value is -3.41. The van der Waals surface area contributed by atoms with Crippen molar-refractivity contribution in [1.29, 1.82) is 0 Å². The van der Waals surface area contributed by atoms with Crippen molar-refractivity contribution in [2.24, 2.45) is 0 Å². The minimum absolute atomic E-state index is 0.0837. The maximum Gasteiger partial charge on any atom is 0.276 e. The molecule has 0 saturated carbocycles. The highest BCUT2D eigenvalue weighted by atomic mass is 19.1. The minimum atomic E-state index is -1.45. The highest BCUT2D eigenvalue weighted by Crippen LogP contribution is 2.26. The van der Waals surface area contributed by atoms with E-state index >= 15 is 0 Å². The lowest BCUT2D eigenvalue weighted by molar-refractivity contribution is 0.00845. The SMILES string of the molecule is O=C(NCc1c(F)cc(F)nc1F)c1cn2c(c(O)c1=O)C(=O)N1CCOC1C2. The zero-order valence-electron chi connectivity index (χ0n) is 14.6. The number of carbonyl (C=O) groups excluding carboxylic acids is 2. The molecule has 0 radical (unpaired) electrons. The van der Waals surface area contributed by atoms with Gasteiger partial charge in [-0.15, -0.1) is 0 Å². The van der Waals surface area contributed by atoms with Gasteiger partial charge in [0.25, 0.3) is 11.8 Å². The van der Waals surface area contributed by atoms with E-state index in [1.54, 1.807) is 0 Å². The number of hydrogen-bond donors (Lipinski definition) is 2. The summed E-state index contributed by atoms with van der Waals surface area (Å²) < 4.78 is 46.7. The van der Waals surface area contributed by atoms with Crippen LogP contribution in [-0.4, -0.2) is 50.8 Å². The summed E-state index contributed by atoms with van der Waals surface area (Å²) in [7, 11) is 0. The van der Waals surface area contributed by atoms with E-state index in [4.69, 9.17) is 4.74 Å². The second kappa shape index (κ2) is 6.88. The highest BCUT2D eigenvalue weighted by molar-refractivity contribution is 5.99. The van der Waals surface area contributed by atoms with Crippen molar-refractivity contribution in [3.63, 3.8) is 0 Å². The van der Waals surface area contributed by atoms with Gasteiger partial charge in [0.2, 0.25) is 17.3 Å². The van der Waals surface area contributed by atoms with Crippen molar-refractivity contribution < 1.29 is 32.6 Å². The smallest absolute Gasteiger partial charge is 0.276 e. The van der Waals surface area contributed by atoms with Gasteiger partial charge >= 0.3 is 0 Å². The molecule has 152 valence electrons. The van der Waals surface area contributed by atoms with Crippen molar-refractivity contribution in [3.05, 3.63) is 57.0 Å². The molecular formula is C17H13F3N4O5. The Morgan fingerprint density at radius 3 is 2.83 bits per heavy atom. The van der Waals surface area contributed by atoms with Crippen LogP contribution in [0.15, 0.2) is 17.1 Å². The Kier molecular flexibility index (Phi) is 4.49. The van der Waals surface area contributed by atoms with Gasteiger partial charge in [-0.25, -0.2) is 4.39 Å². The van der Waals surface area contributed by atoms with Crippen LogP contribution in [0.4, 0.5) is 13.2 Å². The van der Waals surface area contributed by atoms with E-state index in [1.165, 1.54) is 9.47 Å². The van der Waals surface area contributed by atoms with Crippen LogP contribution in [0.5, 0.6) is 5.75 Å². The molecule has 2 amide bonds. The van der Waals surface area contributed by atoms with E-state index in [1.807, 2.05) is 0 Å². The molecule has 0 spiro atoms. The average Bonchev–Trinajstić information content (AvgIpc) is 3.12. The van der Waals surface area contributed by atoms with E-state index in [0.29, 0.717) is 19.2 Å². The summed E-state index contributed by atoms with van der Waals surface area (Å²) in [5.74, 6) is -6.64. The van der Waals surface area contributed by atoms with Gasteiger partial charge in [0.15, 0.2) is 17.7 Å². The summed E-state index contributed by atoms with van der Waals surface area (Å²) in [6.45, 7) is -0.0289. The third-order valence-electron chi connectivity index (χ3n) is 4.72. The van der Waals surface area contributed by atoms with Crippen molar-refractivity contribution in [3.8, 4) is 5.75 Å². The number of nitrogens with zero attached hydrogens (tertiary/aromatic N) is 3. The van der Waals surface area contributed by atoms with Crippen LogP contribution in [0.3, 0.4) is 0 Å². The molecule has 1 fully saturated rings. The topological polar surface area (TPSA) is 114 Å². The molecule has 1 unspecified atom stereocenters. The van der Waals surface area contributed by atoms with Gasteiger partial charge in [-0.2, -0.15) is 13.8 Å². The molecule has 0 bridgehead atoms. The first-order chi connectivity index (χ1) is 13.8. The molecule has 4 rings (SSSR count). The van der Waals surface area contributed by atoms with Crippen LogP contribution in [0.25, 0.3) is 0 Å². The monoisotopic (exact) mass is 410 g/mol. The van der Waals surface area contributed by atoms with Crippen LogP contribution in [0.1, 0.15) is 26.4 Å². The number of carbonyl (C=O) groups is 2. The first-order valence-corrected chi connectivity index (χ1v) is 8.45. The van der Waals surface area contributed by atoms with Gasteiger partial charge in [-0.05, 0) is 0 Å². The zero-order valence-corrected chi connectivity index (χ0v) is 14.6. The van der Waals surface area contributed by atoms with Gasteiger partial charge in [0.1, 0.15) is 11.4 Å². The second-order valence-corrected chi connectivity index (χ2v) is 6.42. The molecule has 1 atom stereocenters. The lowest BCUT2D eigenvalue weighted by atomic mass is 10.1. The Bertz CT molecular complexity index is 1080. The lowest BCUT2D eigenvalue weighted by Gasteiger charge is -2.31. The number of hydrogen-bond acceptors (Lipinski definition) is 6. The van der Waals surface area contributed by atoms with Crippen LogP contribution in [0, 0.1) is 17.7 Å². The summed E-state index contributed by atoms with van der Waals surface area (Å²) in [5.41, 5.74) is -2.62. The van der Waals surface area contributed by atoms with Gasteiger partial charge < -0.3 is 24.6 Å². The molecule has 29 heavy (non-hydrogen) atoms. The summed E-state index contributed by atoms with van der Waals surface area (Å²) in [6, 6.07) is 0.350. The molecule has 2 aromatic heterocycles. The van der Waals surface area contributed by atoms with Crippen LogP contribution < -0.4 is 10.7 Å². The zero-order chi connectivity index (χ0) is 20.9. The first kappa shape index (κ1) is 18.9. The maximum atomic E-state index is 13.7. The standard InChI is InChI=1S/C17H13F3N4O5/c18-9-3-10(19)22-15(20)7(9)4-21-16(27)8-5-23-6-11-24(1-2-29-11)17(28)12(23)14(26)13(8)25/h3,5,11,26H,1-2,4,6H2,(H,21,27). The van der Waals surface area contributed by atoms with Crippen molar-refractivity contribution >= 4 is 11.8 Å². The molecule has 4 heterocycles. The molecule has 0 aromatic carbocycles. The molecule has 2 aromatic rings. The summed E-state index contributed by atoms with van der Waals surface area (Å²) in [6.07, 6.45) is 0.473. The predicted molar refractivity (Wildman–Crippen MR) is 88.4 cm³/mol. The number of rotatable bonds is 3. The fourth-order valence-electron chi connectivity index (χ4n) is 3.29. The van der Waals surface area contributed by atoms with Gasteiger partial charge in [0, 0.05) is 18.8 Å². The Balaban J connectivity index is 1.63. The van der Waals surface area contributed by atoms with Crippen molar-refractivity contribution in [2.75, 3.05) is 13.2 Å². The number of pyridine rings is 2. The summed E-state index contributed by atoms with van der Waals surface area (Å²) in [4.78, 5) is 41.4. The fourth-order valence-corrected chi connectivity index (χ4v) is 3.29. The van der Waals surface area contributed by atoms with E-state index in [0.717, 1.165) is 6.20 Å². The lowest BCUT2D eigenvalue weighted by Crippen LogP contribution is -2.46. The molecular weight excluding hydrogens is 397 g/mol. The van der Waals surface area contributed by atoms with Crippen molar-refractivity contribution in [2.45, 2.75) is 19.3 Å². The van der Waals surface area contributed by atoms with Gasteiger partial charge in [-0.3, -0.25) is 14.4 Å². The highest BCUT2D eigenvalue weighted by Gasteiger charge is 2.39. The number of halogens is 3. The molecule has 2 N–H and O–H groups in total. The number of nitrogens with one attached hydrogen (secondary N) is 1. The predicted octanol–water partition coefficient (Wildman–Crippen LogP) is 0.108. The quantitative estimate of drug-likeness (QED) is 0.695. The average molecular weight is 410 g/mol. The first-order valence-electron chi connectivity index (χ1n) is 8.45. The maximum absolute atomic E-state index is 13.7. The Morgan fingerprint density at radius 2 is 2.10 bits per heavy atom. The Morgan fingerprint density at radius 1 is 1.34 bits per heavy atom. The second-order valence-electron chi connectivity index (χ2n) is 6.42. The third kappa shape index (κ3) is 3.10. The number of amides is 2. The molecule has 1 saturated heterocycles. The van der Waals surface area contributed by atoms with E-state index in [-0.39, 0.29) is 12.2 Å². The van der Waals surface area contributed by atoms with Gasteiger partial charge in [0.05, 0.1) is 25.3 Å². The largest absolute Gasteiger partial charge is 0.503 e. The normalized spacial score (nSPS) is 17.8. The molecule has 9 nitrogen and oxygen atoms in total. The van der Waals surface area contributed by atoms with Crippen molar-refractivity contribution in [1.82, 2.24) is 19.8 Å². The number of fused-ring (bicyclic) bond motifs is 2. The molecule has 2 aliphatic rings. The van der Waals surface area contributed by atoms with Crippen LogP contribution >= 0.6 is 0 Å².